The molecule has 20 heavy (non-hydrogen) atoms. The van der Waals surface area contributed by atoms with Crippen molar-refractivity contribution in [3.05, 3.63) is 53.6 Å². The van der Waals surface area contributed by atoms with Gasteiger partial charge in [0, 0.05) is 17.9 Å². The van der Waals surface area contributed by atoms with Gasteiger partial charge in [0.15, 0.2) is 0 Å². The lowest BCUT2D eigenvalue weighted by atomic mass is 10.1. The summed E-state index contributed by atoms with van der Waals surface area (Å²) in [5.41, 5.74) is 9.74. The first-order valence-corrected chi connectivity index (χ1v) is 6.62. The number of nitrogen functional groups attached to an aromatic ring is 1. The Labute approximate surface area is 119 Å². The fourth-order valence-corrected chi connectivity index (χ4v) is 1.97. The van der Waals surface area contributed by atoms with Gasteiger partial charge in [-0.3, -0.25) is 4.79 Å². The summed E-state index contributed by atoms with van der Waals surface area (Å²) < 4.78 is 0. The van der Waals surface area contributed by atoms with Crippen molar-refractivity contribution in [1.82, 2.24) is 5.32 Å². The van der Waals surface area contributed by atoms with E-state index in [1.165, 1.54) is 0 Å². The van der Waals surface area contributed by atoms with E-state index in [1.54, 1.807) is 12.1 Å². The van der Waals surface area contributed by atoms with Gasteiger partial charge in [0.25, 0.3) is 5.91 Å². The summed E-state index contributed by atoms with van der Waals surface area (Å²) in [5, 5.41) is 6.09. The van der Waals surface area contributed by atoms with Crippen molar-refractivity contribution in [2.75, 3.05) is 17.6 Å². The second-order valence-corrected chi connectivity index (χ2v) is 4.60. The molecule has 0 saturated heterocycles. The Hall–Kier alpha value is -2.49. The van der Waals surface area contributed by atoms with Gasteiger partial charge in [-0.1, -0.05) is 18.2 Å². The number of hydrogen-bond donors (Lipinski definition) is 3. The van der Waals surface area contributed by atoms with Crippen molar-refractivity contribution in [2.24, 2.45) is 0 Å². The largest absolute Gasteiger partial charge is 0.399 e. The van der Waals surface area contributed by atoms with E-state index < -0.39 is 0 Å². The highest BCUT2D eigenvalue weighted by Crippen LogP contribution is 2.25. The molecule has 104 valence electrons. The summed E-state index contributed by atoms with van der Waals surface area (Å²) in [6.07, 6.45) is 0. The smallest absolute Gasteiger partial charge is 0.253 e. The van der Waals surface area contributed by atoms with E-state index in [9.17, 15) is 4.79 Å². The summed E-state index contributed by atoms with van der Waals surface area (Å²) in [6.45, 7) is 4.49. The predicted octanol–water partition coefficient (Wildman–Crippen LogP) is 3.07. The minimum atomic E-state index is -0.129. The maximum absolute atomic E-state index is 12.1. The zero-order valence-electron chi connectivity index (χ0n) is 11.7. The summed E-state index contributed by atoms with van der Waals surface area (Å²) in [4.78, 5) is 12.1. The number of anilines is 3. The summed E-state index contributed by atoms with van der Waals surface area (Å²) >= 11 is 0. The van der Waals surface area contributed by atoms with E-state index >= 15 is 0 Å². The van der Waals surface area contributed by atoms with Crippen LogP contribution in [0.15, 0.2) is 42.5 Å². The highest BCUT2D eigenvalue weighted by atomic mass is 16.1. The van der Waals surface area contributed by atoms with Crippen LogP contribution in [0.5, 0.6) is 0 Å². The Morgan fingerprint density at radius 2 is 1.90 bits per heavy atom. The van der Waals surface area contributed by atoms with E-state index in [4.69, 9.17) is 5.73 Å². The monoisotopic (exact) mass is 269 g/mol. The zero-order valence-corrected chi connectivity index (χ0v) is 11.7. The highest BCUT2D eigenvalue weighted by Gasteiger charge is 2.11. The number of benzene rings is 2. The second kappa shape index (κ2) is 6.10. The van der Waals surface area contributed by atoms with Crippen LogP contribution in [0.25, 0.3) is 0 Å². The molecule has 0 aliphatic carbocycles. The number of nitrogens with one attached hydrogen (secondary N) is 2. The first-order valence-electron chi connectivity index (χ1n) is 6.62. The third-order valence-corrected chi connectivity index (χ3v) is 3.04. The molecule has 4 N–H and O–H groups in total. The molecule has 0 saturated carbocycles. The van der Waals surface area contributed by atoms with Gasteiger partial charge in [-0.25, -0.2) is 0 Å². The molecule has 2 aromatic carbocycles. The standard InChI is InChI=1S/C16H19N3O/c1-3-18-16(20)13-10-12(17)8-9-15(13)19-14-7-5-4-6-11(14)2/h4-10,19H,3,17H2,1-2H3,(H,18,20). The van der Waals surface area contributed by atoms with Gasteiger partial charge in [0.2, 0.25) is 0 Å². The summed E-state index contributed by atoms with van der Waals surface area (Å²) in [5.74, 6) is -0.129. The molecule has 4 nitrogen and oxygen atoms in total. The maximum atomic E-state index is 12.1. The Kier molecular flexibility index (Phi) is 4.25. The number of hydrogen-bond acceptors (Lipinski definition) is 3. The van der Waals surface area contributed by atoms with E-state index in [2.05, 4.69) is 10.6 Å². The first-order chi connectivity index (χ1) is 9.61. The molecule has 0 fully saturated rings. The average Bonchev–Trinajstić information content (AvgIpc) is 2.43. The molecule has 0 aromatic heterocycles. The summed E-state index contributed by atoms with van der Waals surface area (Å²) in [6, 6.07) is 13.2. The van der Waals surface area contributed by atoms with Gasteiger partial charge in [-0.2, -0.15) is 0 Å². The highest BCUT2D eigenvalue weighted by molar-refractivity contribution is 6.01. The molecule has 0 aliphatic rings. The molecule has 0 unspecified atom stereocenters. The lowest BCUT2D eigenvalue weighted by molar-refractivity contribution is 0.0956. The van der Waals surface area contributed by atoms with Gasteiger partial charge in [-0.05, 0) is 43.7 Å². The molecule has 0 heterocycles. The van der Waals surface area contributed by atoms with E-state index in [0.717, 1.165) is 16.9 Å². The van der Waals surface area contributed by atoms with Gasteiger partial charge in [-0.15, -0.1) is 0 Å². The van der Waals surface area contributed by atoms with E-state index in [1.807, 2.05) is 44.2 Å². The van der Waals surface area contributed by atoms with Crippen LogP contribution in [0.1, 0.15) is 22.8 Å². The number of aryl methyl sites for hydroxylation is 1. The summed E-state index contributed by atoms with van der Waals surface area (Å²) in [7, 11) is 0. The number of rotatable bonds is 4. The molecular weight excluding hydrogens is 250 g/mol. The molecule has 0 atom stereocenters. The van der Waals surface area contributed by atoms with Crippen LogP contribution in [0.3, 0.4) is 0 Å². The van der Waals surface area contributed by atoms with Gasteiger partial charge in [0.05, 0.1) is 11.3 Å². The molecule has 2 rings (SSSR count). The van der Waals surface area contributed by atoms with Crippen LogP contribution < -0.4 is 16.4 Å². The number of carbonyl (C=O) groups excluding carboxylic acids is 1. The lowest BCUT2D eigenvalue weighted by Crippen LogP contribution is -2.23. The van der Waals surface area contributed by atoms with Crippen molar-refractivity contribution in [3.8, 4) is 0 Å². The third kappa shape index (κ3) is 3.09. The van der Waals surface area contributed by atoms with Crippen molar-refractivity contribution < 1.29 is 4.79 Å². The van der Waals surface area contributed by atoms with Crippen molar-refractivity contribution in [3.63, 3.8) is 0 Å². The molecular formula is C16H19N3O. The molecule has 1 amide bonds. The maximum Gasteiger partial charge on any atom is 0.253 e. The fourth-order valence-electron chi connectivity index (χ4n) is 1.97. The quantitative estimate of drug-likeness (QED) is 0.747. The molecule has 2 aromatic rings. The number of nitrogens with two attached hydrogens (primary N) is 1. The Morgan fingerprint density at radius 1 is 1.15 bits per heavy atom. The Morgan fingerprint density at radius 3 is 2.60 bits per heavy atom. The van der Waals surface area contributed by atoms with Crippen LogP contribution in [0.4, 0.5) is 17.1 Å². The topological polar surface area (TPSA) is 67.2 Å². The minimum absolute atomic E-state index is 0.129. The molecule has 4 heteroatoms. The van der Waals surface area contributed by atoms with Crippen molar-refractivity contribution >= 4 is 23.0 Å². The second-order valence-electron chi connectivity index (χ2n) is 4.60. The van der Waals surface area contributed by atoms with Crippen LogP contribution in [-0.4, -0.2) is 12.5 Å². The van der Waals surface area contributed by atoms with E-state index in [-0.39, 0.29) is 5.91 Å². The van der Waals surface area contributed by atoms with Gasteiger partial charge >= 0.3 is 0 Å². The first kappa shape index (κ1) is 13.9. The van der Waals surface area contributed by atoms with Crippen LogP contribution in [0, 0.1) is 6.92 Å². The molecule has 0 spiro atoms. The minimum Gasteiger partial charge on any atom is -0.399 e. The molecule has 0 bridgehead atoms. The van der Waals surface area contributed by atoms with E-state index in [0.29, 0.717) is 17.8 Å². The average molecular weight is 269 g/mol. The number of para-hydroxylation sites is 1. The van der Waals surface area contributed by atoms with Crippen LogP contribution in [-0.2, 0) is 0 Å². The van der Waals surface area contributed by atoms with Crippen molar-refractivity contribution in [1.29, 1.82) is 0 Å². The number of carbonyl (C=O) groups is 1. The predicted molar refractivity (Wildman–Crippen MR) is 83.3 cm³/mol. The molecule has 0 aliphatic heterocycles. The molecule has 0 radical (unpaired) electrons. The van der Waals surface area contributed by atoms with Gasteiger partial charge in [0.1, 0.15) is 0 Å². The zero-order chi connectivity index (χ0) is 14.5. The van der Waals surface area contributed by atoms with Crippen LogP contribution >= 0.6 is 0 Å². The van der Waals surface area contributed by atoms with Crippen LogP contribution in [0.2, 0.25) is 0 Å². The van der Waals surface area contributed by atoms with Gasteiger partial charge < -0.3 is 16.4 Å². The normalized spacial score (nSPS) is 10.1. The van der Waals surface area contributed by atoms with Crippen molar-refractivity contribution in [2.45, 2.75) is 13.8 Å². The fraction of sp³-hybridized carbons (Fsp3) is 0.188. The Balaban J connectivity index is 2.36. The Bertz CT molecular complexity index is 623. The lowest BCUT2D eigenvalue weighted by Gasteiger charge is -2.14. The SMILES string of the molecule is CCNC(=O)c1cc(N)ccc1Nc1ccccc1C. The third-order valence-electron chi connectivity index (χ3n) is 3.04. The number of amides is 1.